The predicted molar refractivity (Wildman–Crippen MR) is 112 cm³/mol. The highest BCUT2D eigenvalue weighted by molar-refractivity contribution is 7.99. The predicted octanol–water partition coefficient (Wildman–Crippen LogP) is 3.50. The van der Waals surface area contributed by atoms with Gasteiger partial charge in [-0.25, -0.2) is 0 Å². The molecule has 29 heavy (non-hydrogen) atoms. The molecule has 1 aromatic carbocycles. The Morgan fingerprint density at radius 3 is 2.76 bits per heavy atom. The van der Waals surface area contributed by atoms with Crippen molar-refractivity contribution in [3.05, 3.63) is 42.7 Å². The molecule has 0 atom stereocenters. The van der Waals surface area contributed by atoms with Crippen LogP contribution in [0.2, 0.25) is 0 Å². The van der Waals surface area contributed by atoms with Crippen LogP contribution >= 0.6 is 11.8 Å². The average Bonchev–Trinajstić information content (AvgIpc) is 3.15. The first-order valence-electron chi connectivity index (χ1n) is 9.14. The quantitative estimate of drug-likeness (QED) is 0.537. The topological polar surface area (TPSA) is 91.2 Å². The Bertz CT molecular complexity index is 962. The molecule has 2 heterocycles. The van der Waals surface area contributed by atoms with Crippen LogP contribution in [0.3, 0.4) is 0 Å². The van der Waals surface area contributed by atoms with Crippen molar-refractivity contribution in [2.24, 2.45) is 0 Å². The lowest BCUT2D eigenvalue weighted by atomic mass is 10.2. The Morgan fingerprint density at radius 1 is 1.21 bits per heavy atom. The first-order chi connectivity index (χ1) is 14.2. The minimum absolute atomic E-state index is 0.171. The van der Waals surface area contributed by atoms with Crippen LogP contribution in [0, 0.1) is 0 Å². The van der Waals surface area contributed by atoms with Crippen LogP contribution in [0.15, 0.2) is 47.9 Å². The zero-order valence-corrected chi connectivity index (χ0v) is 17.4. The van der Waals surface area contributed by atoms with Crippen LogP contribution in [-0.4, -0.2) is 45.6 Å². The number of rotatable bonds is 9. The van der Waals surface area contributed by atoms with Gasteiger partial charge in [0.2, 0.25) is 5.91 Å². The number of nitrogens with one attached hydrogen (secondary N) is 1. The van der Waals surface area contributed by atoms with E-state index in [0.717, 1.165) is 24.4 Å². The molecule has 0 bridgehead atoms. The van der Waals surface area contributed by atoms with Gasteiger partial charge in [-0.3, -0.25) is 9.78 Å². The van der Waals surface area contributed by atoms with Gasteiger partial charge in [0, 0.05) is 30.6 Å². The van der Waals surface area contributed by atoms with E-state index in [1.165, 1.54) is 11.8 Å². The highest BCUT2D eigenvalue weighted by Crippen LogP contribution is 2.29. The summed E-state index contributed by atoms with van der Waals surface area (Å²) in [5.41, 5.74) is 1.45. The number of carbonyl (C=O) groups is 1. The van der Waals surface area contributed by atoms with Gasteiger partial charge in [-0.1, -0.05) is 18.7 Å². The molecule has 0 spiro atoms. The Morgan fingerprint density at radius 2 is 2.07 bits per heavy atom. The molecule has 9 heteroatoms. The third kappa shape index (κ3) is 5.05. The number of benzene rings is 1. The maximum absolute atomic E-state index is 12.5. The van der Waals surface area contributed by atoms with E-state index in [9.17, 15) is 4.79 Å². The minimum atomic E-state index is -0.171. The number of amides is 1. The molecule has 0 radical (unpaired) electrons. The highest BCUT2D eigenvalue weighted by Gasteiger charge is 2.16. The van der Waals surface area contributed by atoms with E-state index in [1.807, 2.05) is 16.7 Å². The van der Waals surface area contributed by atoms with E-state index >= 15 is 0 Å². The van der Waals surface area contributed by atoms with Crippen LogP contribution < -0.4 is 14.8 Å². The smallest absolute Gasteiger partial charge is 0.234 e. The average molecular weight is 414 g/mol. The van der Waals surface area contributed by atoms with Gasteiger partial charge >= 0.3 is 0 Å². The summed E-state index contributed by atoms with van der Waals surface area (Å²) < 4.78 is 12.5. The van der Waals surface area contributed by atoms with Crippen LogP contribution in [0.5, 0.6) is 11.5 Å². The normalized spacial score (nSPS) is 10.6. The van der Waals surface area contributed by atoms with Crippen LogP contribution in [0.1, 0.15) is 13.3 Å². The summed E-state index contributed by atoms with van der Waals surface area (Å²) in [4.78, 5) is 16.7. The second kappa shape index (κ2) is 9.92. The number of hydrogen-bond donors (Lipinski definition) is 1. The molecule has 0 aliphatic rings. The van der Waals surface area contributed by atoms with Gasteiger partial charge in [-0.2, -0.15) is 0 Å². The van der Waals surface area contributed by atoms with Crippen molar-refractivity contribution >= 4 is 23.4 Å². The summed E-state index contributed by atoms with van der Waals surface area (Å²) in [6, 6.07) is 9.05. The molecule has 0 saturated heterocycles. The number of nitrogens with zero attached hydrogens (tertiary/aromatic N) is 4. The number of anilines is 1. The summed E-state index contributed by atoms with van der Waals surface area (Å²) in [6.45, 7) is 2.84. The van der Waals surface area contributed by atoms with E-state index < -0.39 is 0 Å². The SMILES string of the molecule is CCCn1c(SCC(=O)Nc2cc(OC)ccc2OC)nnc1-c1cccnc1. The molecule has 0 unspecified atom stereocenters. The first kappa shape index (κ1) is 20.7. The lowest BCUT2D eigenvalue weighted by molar-refractivity contribution is -0.113. The molecule has 152 valence electrons. The fourth-order valence-electron chi connectivity index (χ4n) is 2.76. The van der Waals surface area contributed by atoms with E-state index in [1.54, 1.807) is 44.8 Å². The number of hydrogen-bond acceptors (Lipinski definition) is 7. The minimum Gasteiger partial charge on any atom is -0.497 e. The van der Waals surface area contributed by atoms with Crippen molar-refractivity contribution < 1.29 is 14.3 Å². The van der Waals surface area contributed by atoms with Crippen LogP contribution in [-0.2, 0) is 11.3 Å². The van der Waals surface area contributed by atoms with Gasteiger partial charge in [0.15, 0.2) is 11.0 Å². The number of methoxy groups -OCH3 is 2. The zero-order valence-electron chi connectivity index (χ0n) is 16.6. The lowest BCUT2D eigenvalue weighted by Gasteiger charge is -2.12. The first-order valence-corrected chi connectivity index (χ1v) is 10.1. The Hall–Kier alpha value is -3.07. The Balaban J connectivity index is 1.71. The van der Waals surface area contributed by atoms with Crippen molar-refractivity contribution in [2.45, 2.75) is 25.0 Å². The number of pyridine rings is 1. The van der Waals surface area contributed by atoms with Crippen LogP contribution in [0.25, 0.3) is 11.4 Å². The molecule has 3 rings (SSSR count). The lowest BCUT2D eigenvalue weighted by Crippen LogP contribution is -2.15. The summed E-state index contributed by atoms with van der Waals surface area (Å²) in [7, 11) is 3.13. The Kier molecular flexibility index (Phi) is 7.07. The largest absolute Gasteiger partial charge is 0.497 e. The zero-order chi connectivity index (χ0) is 20.6. The fourth-order valence-corrected chi connectivity index (χ4v) is 3.52. The second-order valence-corrected chi connectivity index (χ2v) is 7.05. The molecule has 1 N–H and O–H groups in total. The van der Waals surface area contributed by atoms with Gasteiger partial charge in [0.25, 0.3) is 0 Å². The van der Waals surface area contributed by atoms with Gasteiger partial charge in [-0.15, -0.1) is 10.2 Å². The number of aromatic nitrogens is 4. The second-order valence-electron chi connectivity index (χ2n) is 6.10. The summed E-state index contributed by atoms with van der Waals surface area (Å²) in [6.07, 6.45) is 4.40. The van der Waals surface area contributed by atoms with Crippen molar-refractivity contribution in [1.82, 2.24) is 19.7 Å². The summed E-state index contributed by atoms with van der Waals surface area (Å²) in [5.74, 6) is 1.97. The molecule has 0 saturated carbocycles. The molecular weight excluding hydrogens is 390 g/mol. The van der Waals surface area contributed by atoms with E-state index in [-0.39, 0.29) is 11.7 Å². The molecule has 1 amide bonds. The fraction of sp³-hybridized carbons (Fsp3) is 0.300. The maximum atomic E-state index is 12.5. The van der Waals surface area contributed by atoms with E-state index in [0.29, 0.717) is 22.3 Å². The van der Waals surface area contributed by atoms with Crippen molar-refractivity contribution in [3.8, 4) is 22.9 Å². The van der Waals surface area contributed by atoms with E-state index in [2.05, 4.69) is 27.4 Å². The summed E-state index contributed by atoms with van der Waals surface area (Å²) >= 11 is 1.34. The molecule has 0 aliphatic carbocycles. The van der Waals surface area contributed by atoms with E-state index in [4.69, 9.17) is 9.47 Å². The van der Waals surface area contributed by atoms with Gasteiger partial charge in [0.05, 0.1) is 25.7 Å². The molecule has 3 aromatic rings. The molecule has 2 aromatic heterocycles. The standard InChI is InChI=1S/C20H23N5O3S/c1-4-10-25-19(14-6-5-9-21-12-14)23-24-20(25)29-13-18(26)22-16-11-15(27-2)7-8-17(16)28-3/h5-9,11-12H,4,10,13H2,1-3H3,(H,22,26). The third-order valence-corrected chi connectivity index (χ3v) is 5.06. The number of ether oxygens (including phenoxy) is 2. The molecule has 0 fully saturated rings. The third-order valence-electron chi connectivity index (χ3n) is 4.10. The highest BCUT2D eigenvalue weighted by atomic mass is 32.2. The van der Waals surface area contributed by atoms with Gasteiger partial charge < -0.3 is 19.4 Å². The number of thioether (sulfide) groups is 1. The maximum Gasteiger partial charge on any atom is 0.234 e. The van der Waals surface area contributed by atoms with Crippen molar-refractivity contribution in [3.63, 3.8) is 0 Å². The van der Waals surface area contributed by atoms with Crippen LogP contribution in [0.4, 0.5) is 5.69 Å². The van der Waals surface area contributed by atoms with Gasteiger partial charge in [-0.05, 0) is 30.7 Å². The Labute approximate surface area is 173 Å². The van der Waals surface area contributed by atoms with Crippen molar-refractivity contribution in [2.75, 3.05) is 25.3 Å². The van der Waals surface area contributed by atoms with Gasteiger partial charge in [0.1, 0.15) is 11.5 Å². The van der Waals surface area contributed by atoms with Crippen molar-refractivity contribution in [1.29, 1.82) is 0 Å². The monoisotopic (exact) mass is 413 g/mol. The molecule has 0 aliphatic heterocycles. The molecular formula is C20H23N5O3S. The number of carbonyl (C=O) groups excluding carboxylic acids is 1. The summed E-state index contributed by atoms with van der Waals surface area (Å²) in [5, 5.41) is 12.1. The molecule has 8 nitrogen and oxygen atoms in total.